The number of benzene rings is 1. The number of hydrogen-bond acceptors (Lipinski definition) is 7. The number of likely N-dealkylation sites (tertiary alicyclic amines) is 1. The van der Waals surface area contributed by atoms with Gasteiger partial charge in [0.2, 0.25) is 5.91 Å². The lowest BCUT2D eigenvalue weighted by Gasteiger charge is -2.43. The molecule has 1 aliphatic carbocycles. The van der Waals surface area contributed by atoms with Gasteiger partial charge >= 0.3 is 0 Å². The van der Waals surface area contributed by atoms with E-state index in [2.05, 4.69) is 10.5 Å². The van der Waals surface area contributed by atoms with E-state index in [1.54, 1.807) is 22.8 Å². The Kier molecular flexibility index (Phi) is 9.89. The van der Waals surface area contributed by atoms with Crippen molar-refractivity contribution >= 4 is 17.7 Å². The third-order valence-corrected chi connectivity index (χ3v) is 9.07. The molecule has 1 aromatic heterocycles. The molecule has 2 unspecified atom stereocenters. The van der Waals surface area contributed by atoms with E-state index in [-0.39, 0.29) is 48.5 Å². The number of nitrogens with two attached hydrogens (primary N) is 1. The van der Waals surface area contributed by atoms with Crippen molar-refractivity contribution in [1.82, 2.24) is 20.3 Å². The van der Waals surface area contributed by atoms with Crippen LogP contribution in [0.1, 0.15) is 78.0 Å². The van der Waals surface area contributed by atoms with E-state index < -0.39 is 11.9 Å². The van der Waals surface area contributed by atoms with Crippen molar-refractivity contribution in [3.63, 3.8) is 0 Å². The van der Waals surface area contributed by atoms with E-state index in [1.807, 2.05) is 0 Å². The van der Waals surface area contributed by atoms with Gasteiger partial charge in [0.15, 0.2) is 5.69 Å². The van der Waals surface area contributed by atoms with Crippen LogP contribution in [0.2, 0.25) is 0 Å². The first-order chi connectivity index (χ1) is 20.3. The highest BCUT2D eigenvalue weighted by molar-refractivity contribution is 5.98. The maximum absolute atomic E-state index is 13.8. The Bertz CT molecular complexity index is 1220. The van der Waals surface area contributed by atoms with Crippen molar-refractivity contribution in [3.05, 3.63) is 53.2 Å². The largest absolute Gasteiger partial charge is 0.376 e. The van der Waals surface area contributed by atoms with Crippen LogP contribution >= 0.6 is 0 Å². The van der Waals surface area contributed by atoms with E-state index in [0.717, 1.165) is 38.5 Å². The summed E-state index contributed by atoms with van der Waals surface area (Å²) >= 11 is 0. The van der Waals surface area contributed by atoms with Crippen molar-refractivity contribution in [2.24, 2.45) is 17.6 Å². The van der Waals surface area contributed by atoms with Crippen molar-refractivity contribution in [3.8, 4) is 0 Å². The number of nitrogens with zero attached hydrogens (tertiary/aromatic N) is 3. The average Bonchev–Trinajstić information content (AvgIpc) is 3.70. The summed E-state index contributed by atoms with van der Waals surface area (Å²) < 4.78 is 24.6. The van der Waals surface area contributed by atoms with Crippen molar-refractivity contribution < 1.29 is 28.0 Å². The van der Waals surface area contributed by atoms with Crippen LogP contribution in [0.5, 0.6) is 0 Å². The lowest BCUT2D eigenvalue weighted by Crippen LogP contribution is -2.59. The molecule has 11 heteroatoms. The second kappa shape index (κ2) is 13.8. The molecule has 1 saturated carbocycles. The van der Waals surface area contributed by atoms with Gasteiger partial charge < -0.3 is 30.1 Å². The normalized spacial score (nSPS) is 26.2. The molecule has 228 valence electrons. The number of halogens is 1. The summed E-state index contributed by atoms with van der Waals surface area (Å²) in [5, 5.41) is 7.07. The monoisotopic (exact) mass is 583 g/mol. The number of carbonyl (C=O) groups is 3. The second-order valence-electron chi connectivity index (χ2n) is 12.0. The van der Waals surface area contributed by atoms with Crippen LogP contribution in [0.15, 0.2) is 34.9 Å². The minimum Gasteiger partial charge on any atom is -0.376 e. The van der Waals surface area contributed by atoms with Crippen LogP contribution in [0.25, 0.3) is 0 Å². The number of aromatic nitrogens is 1. The molecule has 0 spiro atoms. The van der Waals surface area contributed by atoms with Gasteiger partial charge in [-0.2, -0.15) is 0 Å². The molecule has 5 rings (SSSR count). The highest BCUT2D eigenvalue weighted by atomic mass is 19.1. The third-order valence-electron chi connectivity index (χ3n) is 9.07. The molecule has 0 bridgehead atoms. The quantitative estimate of drug-likeness (QED) is 0.463. The van der Waals surface area contributed by atoms with Gasteiger partial charge in [0.1, 0.15) is 17.6 Å². The van der Waals surface area contributed by atoms with Crippen LogP contribution in [-0.4, -0.2) is 83.7 Å². The number of ether oxygens (including phenoxy) is 1. The van der Waals surface area contributed by atoms with E-state index in [4.69, 9.17) is 15.0 Å². The maximum atomic E-state index is 13.8. The van der Waals surface area contributed by atoms with Crippen molar-refractivity contribution in [2.45, 2.75) is 76.5 Å². The fraction of sp³-hybridized carbons (Fsp3) is 0.613. The van der Waals surface area contributed by atoms with Crippen LogP contribution in [0.4, 0.5) is 4.39 Å². The van der Waals surface area contributed by atoms with Gasteiger partial charge in [0.25, 0.3) is 11.8 Å². The molecule has 1 aromatic carbocycles. The molecule has 3 heterocycles. The molecule has 3 N–H and O–H groups in total. The number of nitrogens with one attached hydrogen (secondary N) is 1. The molecule has 42 heavy (non-hydrogen) atoms. The van der Waals surface area contributed by atoms with Crippen LogP contribution in [0.3, 0.4) is 0 Å². The van der Waals surface area contributed by atoms with E-state index >= 15 is 0 Å². The second-order valence-corrected chi connectivity index (χ2v) is 12.0. The first-order valence-electron chi connectivity index (χ1n) is 15.2. The van der Waals surface area contributed by atoms with E-state index in [0.29, 0.717) is 55.8 Å². The van der Waals surface area contributed by atoms with Gasteiger partial charge in [-0.05, 0) is 101 Å². The summed E-state index contributed by atoms with van der Waals surface area (Å²) in [7, 11) is 0. The number of rotatable bonds is 9. The Morgan fingerprint density at radius 2 is 1.83 bits per heavy atom. The molecular formula is C31H42FN5O5. The molecule has 3 fully saturated rings. The number of carbonyl (C=O) groups excluding carboxylic acids is 3. The summed E-state index contributed by atoms with van der Waals surface area (Å²) in [6, 6.07) is 5.88. The molecule has 2 aliphatic heterocycles. The predicted octanol–water partition coefficient (Wildman–Crippen LogP) is 3.30. The Morgan fingerprint density at radius 3 is 2.48 bits per heavy atom. The first-order valence-corrected chi connectivity index (χ1v) is 15.2. The van der Waals surface area contributed by atoms with Gasteiger partial charge in [0.05, 0.1) is 6.10 Å². The summed E-state index contributed by atoms with van der Waals surface area (Å²) in [5.74, 6) is 0.162. The highest BCUT2D eigenvalue weighted by Gasteiger charge is 2.41. The van der Waals surface area contributed by atoms with Gasteiger partial charge in [-0.25, -0.2) is 4.39 Å². The fourth-order valence-electron chi connectivity index (χ4n) is 6.53. The summed E-state index contributed by atoms with van der Waals surface area (Å²) in [5.41, 5.74) is 6.37. The summed E-state index contributed by atoms with van der Waals surface area (Å²) in [4.78, 5) is 44.4. The minimum atomic E-state index is -0.791. The lowest BCUT2D eigenvalue weighted by molar-refractivity contribution is -0.127. The van der Waals surface area contributed by atoms with Crippen molar-refractivity contribution in [2.75, 3.05) is 32.8 Å². The van der Waals surface area contributed by atoms with Gasteiger partial charge in [-0.3, -0.25) is 14.4 Å². The lowest BCUT2D eigenvalue weighted by atomic mass is 9.82. The molecule has 10 nitrogen and oxygen atoms in total. The molecule has 2 aromatic rings. The fourth-order valence-corrected chi connectivity index (χ4v) is 6.53. The van der Waals surface area contributed by atoms with E-state index in [9.17, 15) is 18.8 Å². The maximum Gasteiger partial charge on any atom is 0.276 e. The molecule has 2 saturated heterocycles. The van der Waals surface area contributed by atoms with Crippen molar-refractivity contribution in [1.29, 1.82) is 0 Å². The number of piperidine rings is 1. The Labute approximate surface area is 246 Å². The molecule has 3 atom stereocenters. The minimum absolute atomic E-state index is 0.100. The number of aryl methyl sites for hydroxylation is 1. The molecule has 3 amide bonds. The topological polar surface area (TPSA) is 131 Å². The van der Waals surface area contributed by atoms with Crippen LogP contribution < -0.4 is 11.1 Å². The zero-order chi connectivity index (χ0) is 29.6. The first kappa shape index (κ1) is 30.2. The van der Waals surface area contributed by atoms with Crippen LogP contribution in [0, 0.1) is 24.6 Å². The number of amides is 3. The summed E-state index contributed by atoms with van der Waals surface area (Å²) in [6.07, 6.45) is 6.56. The standard InChI is InChI=1S/C31H42FN5O5/c1-20-15-27(35-42-20)31(40)37(19-26-3-2-14-41-26)25-12-13-36(30(39)23-8-10-24(32)11-9-23)28(16-25)29(38)34-18-22-6-4-21(17-33)5-7-22/h8-11,15,21-22,25-26,28H,2-7,12-14,16-19,33H2,1H3,(H,34,38)/t21?,22?,25?,26?,28-/m1/s1. The molecular weight excluding hydrogens is 541 g/mol. The van der Waals surface area contributed by atoms with Gasteiger partial charge in [-0.15, -0.1) is 0 Å². The Morgan fingerprint density at radius 1 is 1.10 bits per heavy atom. The molecule has 0 radical (unpaired) electrons. The predicted molar refractivity (Wildman–Crippen MR) is 153 cm³/mol. The zero-order valence-electron chi connectivity index (χ0n) is 24.3. The zero-order valence-corrected chi connectivity index (χ0v) is 24.3. The molecule has 3 aliphatic rings. The Balaban J connectivity index is 1.35. The van der Waals surface area contributed by atoms with E-state index in [1.165, 1.54) is 24.3 Å². The highest BCUT2D eigenvalue weighted by Crippen LogP contribution is 2.29. The van der Waals surface area contributed by atoms with Crippen LogP contribution in [-0.2, 0) is 9.53 Å². The average molecular weight is 584 g/mol. The Hall–Kier alpha value is -3.31. The SMILES string of the molecule is Cc1cc(C(=O)N(CC2CCCO2)C2CCN(C(=O)c3ccc(F)cc3)[C@@H](C(=O)NCC3CCC(CN)CC3)C2)no1. The van der Waals surface area contributed by atoms with Gasteiger partial charge in [0, 0.05) is 43.9 Å². The van der Waals surface area contributed by atoms with Gasteiger partial charge in [-0.1, -0.05) is 5.16 Å². The number of hydrogen-bond donors (Lipinski definition) is 2. The smallest absolute Gasteiger partial charge is 0.276 e. The summed E-state index contributed by atoms with van der Waals surface area (Å²) in [6.45, 7) is 4.26. The third kappa shape index (κ3) is 7.18.